The summed E-state index contributed by atoms with van der Waals surface area (Å²) in [4.78, 5) is 32.1. The van der Waals surface area contributed by atoms with Crippen LogP contribution in [0.15, 0.2) is 55.1 Å². The van der Waals surface area contributed by atoms with Crippen molar-refractivity contribution in [1.29, 1.82) is 0 Å². The molecule has 3 rings (SSSR count). The Kier molecular flexibility index (Phi) is 8.01. The number of benzene rings is 2. The third-order valence-electron chi connectivity index (χ3n) is 5.69. The number of fused-ring (bicyclic) bond motifs is 1. The molecule has 7 nitrogen and oxygen atoms in total. The quantitative estimate of drug-likeness (QED) is 0.479. The zero-order valence-electron chi connectivity index (χ0n) is 19.8. The van der Waals surface area contributed by atoms with Gasteiger partial charge in [0, 0.05) is 7.11 Å². The first kappa shape index (κ1) is 24.2. The molecule has 33 heavy (non-hydrogen) atoms. The zero-order chi connectivity index (χ0) is 24.0. The van der Waals surface area contributed by atoms with Crippen molar-refractivity contribution in [2.75, 3.05) is 18.6 Å². The largest absolute Gasteiger partial charge is 0.383 e. The Morgan fingerprint density at radius 3 is 2.70 bits per heavy atom. The first-order chi connectivity index (χ1) is 15.9. The first-order valence-corrected chi connectivity index (χ1v) is 11.1. The van der Waals surface area contributed by atoms with E-state index in [1.807, 2.05) is 59.7 Å². The van der Waals surface area contributed by atoms with Gasteiger partial charge in [0.25, 0.3) is 0 Å². The molecule has 2 amide bonds. The van der Waals surface area contributed by atoms with Gasteiger partial charge in [0.05, 0.1) is 35.9 Å². The van der Waals surface area contributed by atoms with Crippen LogP contribution in [0.3, 0.4) is 0 Å². The minimum Gasteiger partial charge on any atom is -0.383 e. The van der Waals surface area contributed by atoms with Gasteiger partial charge in [-0.1, -0.05) is 43.8 Å². The van der Waals surface area contributed by atoms with Gasteiger partial charge in [0.2, 0.25) is 11.8 Å². The molecular weight excluding hydrogens is 416 g/mol. The number of methoxy groups -OCH3 is 1. The zero-order valence-corrected chi connectivity index (χ0v) is 19.8. The standard InChI is InChI=1S/C26H32N4O3/c1-6-20-12-10-11-18(3)26(20)30(19(4)17-33-5)25(32)16-29-22-14-9-8-13-21(22)28-23(29)15-27-24(31)7-2/h7-14,19H,2,6,15-17H2,1,3-5H3,(H,27,31). The lowest BCUT2D eigenvalue weighted by Crippen LogP contribution is -2.44. The van der Waals surface area contributed by atoms with Gasteiger partial charge in [-0.15, -0.1) is 0 Å². The molecule has 0 bridgehead atoms. The number of carbonyl (C=O) groups is 2. The number of aromatic nitrogens is 2. The number of rotatable bonds is 10. The van der Waals surface area contributed by atoms with Crippen LogP contribution >= 0.6 is 0 Å². The van der Waals surface area contributed by atoms with Crippen LogP contribution in [0.5, 0.6) is 0 Å². The summed E-state index contributed by atoms with van der Waals surface area (Å²) >= 11 is 0. The molecule has 0 radical (unpaired) electrons. The lowest BCUT2D eigenvalue weighted by Gasteiger charge is -2.32. The van der Waals surface area contributed by atoms with E-state index in [2.05, 4.69) is 29.9 Å². The lowest BCUT2D eigenvalue weighted by molar-refractivity contribution is -0.119. The minimum atomic E-state index is -0.289. The Labute approximate surface area is 195 Å². The second kappa shape index (κ2) is 10.9. The van der Waals surface area contributed by atoms with Gasteiger partial charge in [-0.25, -0.2) is 4.98 Å². The number of para-hydroxylation sites is 3. The molecule has 2 aromatic carbocycles. The van der Waals surface area contributed by atoms with E-state index in [0.29, 0.717) is 12.4 Å². The highest BCUT2D eigenvalue weighted by Gasteiger charge is 2.27. The van der Waals surface area contributed by atoms with E-state index in [-0.39, 0.29) is 30.9 Å². The average Bonchev–Trinajstić information content (AvgIpc) is 3.16. The van der Waals surface area contributed by atoms with E-state index in [4.69, 9.17) is 4.74 Å². The van der Waals surface area contributed by atoms with E-state index in [1.165, 1.54) is 6.08 Å². The maximum atomic E-state index is 13.9. The molecule has 7 heteroatoms. The molecule has 0 saturated heterocycles. The number of hydrogen-bond acceptors (Lipinski definition) is 4. The first-order valence-electron chi connectivity index (χ1n) is 11.1. The summed E-state index contributed by atoms with van der Waals surface area (Å²) in [6.07, 6.45) is 2.03. The number of hydrogen-bond donors (Lipinski definition) is 1. The van der Waals surface area contributed by atoms with Gasteiger partial charge in [0.15, 0.2) is 0 Å². The van der Waals surface area contributed by atoms with Crippen molar-refractivity contribution >= 4 is 28.5 Å². The topological polar surface area (TPSA) is 76.5 Å². The van der Waals surface area contributed by atoms with Crippen molar-refractivity contribution < 1.29 is 14.3 Å². The van der Waals surface area contributed by atoms with Crippen molar-refractivity contribution in [3.05, 3.63) is 72.1 Å². The minimum absolute atomic E-state index is 0.0667. The molecule has 0 fully saturated rings. The molecule has 0 spiro atoms. The highest BCUT2D eigenvalue weighted by atomic mass is 16.5. The number of ether oxygens (including phenoxy) is 1. The van der Waals surface area contributed by atoms with Crippen molar-refractivity contribution in [3.8, 4) is 0 Å². The lowest BCUT2D eigenvalue weighted by atomic mass is 10.0. The molecule has 0 aliphatic heterocycles. The van der Waals surface area contributed by atoms with Crippen molar-refractivity contribution in [1.82, 2.24) is 14.9 Å². The monoisotopic (exact) mass is 448 g/mol. The molecule has 3 aromatic rings. The summed E-state index contributed by atoms with van der Waals surface area (Å²) in [7, 11) is 1.64. The van der Waals surface area contributed by atoms with Crippen LogP contribution in [-0.2, 0) is 33.8 Å². The normalized spacial score (nSPS) is 11.9. The van der Waals surface area contributed by atoms with Crippen LogP contribution in [0.2, 0.25) is 0 Å². The van der Waals surface area contributed by atoms with Crippen molar-refractivity contribution in [2.45, 2.75) is 46.3 Å². The Balaban J connectivity index is 2.04. The predicted molar refractivity (Wildman–Crippen MR) is 131 cm³/mol. The van der Waals surface area contributed by atoms with Crippen molar-refractivity contribution in [3.63, 3.8) is 0 Å². The van der Waals surface area contributed by atoms with E-state index in [9.17, 15) is 9.59 Å². The Morgan fingerprint density at radius 2 is 2.00 bits per heavy atom. The number of carbonyl (C=O) groups excluding carboxylic acids is 2. The van der Waals surface area contributed by atoms with Gasteiger partial charge < -0.3 is 19.5 Å². The Hall–Kier alpha value is -3.45. The van der Waals surface area contributed by atoms with E-state index in [1.54, 1.807) is 7.11 Å². The number of nitrogens with zero attached hydrogens (tertiary/aromatic N) is 3. The fourth-order valence-corrected chi connectivity index (χ4v) is 4.14. The van der Waals surface area contributed by atoms with Crippen LogP contribution < -0.4 is 10.2 Å². The van der Waals surface area contributed by atoms with Gasteiger partial charge >= 0.3 is 0 Å². The molecule has 1 heterocycles. The summed E-state index contributed by atoms with van der Waals surface area (Å²) in [5, 5.41) is 2.77. The third-order valence-corrected chi connectivity index (χ3v) is 5.69. The van der Waals surface area contributed by atoms with Crippen LogP contribution in [0.1, 0.15) is 30.8 Å². The van der Waals surface area contributed by atoms with Crippen LogP contribution in [0.25, 0.3) is 11.0 Å². The second-order valence-electron chi connectivity index (χ2n) is 8.03. The summed E-state index contributed by atoms with van der Waals surface area (Å²) in [6, 6.07) is 13.6. The summed E-state index contributed by atoms with van der Waals surface area (Å²) < 4.78 is 7.28. The molecule has 1 atom stereocenters. The summed E-state index contributed by atoms with van der Waals surface area (Å²) in [6.45, 7) is 10.3. The maximum absolute atomic E-state index is 13.9. The number of amides is 2. The molecular formula is C26H32N4O3. The molecule has 0 aliphatic carbocycles. The number of nitrogens with one attached hydrogen (secondary N) is 1. The van der Waals surface area contributed by atoms with E-state index >= 15 is 0 Å². The SMILES string of the molecule is C=CC(=O)NCc1nc2ccccc2n1CC(=O)N(c1c(C)cccc1CC)C(C)COC. The van der Waals surface area contributed by atoms with Crippen LogP contribution in [0, 0.1) is 6.92 Å². The molecule has 0 aliphatic rings. The Morgan fingerprint density at radius 1 is 1.24 bits per heavy atom. The predicted octanol–water partition coefficient (Wildman–Crippen LogP) is 3.78. The maximum Gasteiger partial charge on any atom is 0.247 e. The third kappa shape index (κ3) is 5.31. The molecule has 1 unspecified atom stereocenters. The van der Waals surface area contributed by atoms with Gasteiger partial charge in [-0.05, 0) is 49.6 Å². The highest BCUT2D eigenvalue weighted by molar-refractivity contribution is 5.96. The molecule has 1 N–H and O–H groups in total. The van der Waals surface area contributed by atoms with Crippen LogP contribution in [-0.4, -0.2) is 41.1 Å². The van der Waals surface area contributed by atoms with Crippen molar-refractivity contribution in [2.24, 2.45) is 0 Å². The molecule has 0 saturated carbocycles. The number of aryl methyl sites for hydroxylation is 2. The molecule has 174 valence electrons. The van der Waals surface area contributed by atoms with Gasteiger partial charge in [-0.2, -0.15) is 0 Å². The fourth-order valence-electron chi connectivity index (χ4n) is 4.14. The van der Waals surface area contributed by atoms with Gasteiger partial charge in [-0.3, -0.25) is 9.59 Å². The van der Waals surface area contributed by atoms with E-state index in [0.717, 1.165) is 34.3 Å². The van der Waals surface area contributed by atoms with Gasteiger partial charge in [0.1, 0.15) is 12.4 Å². The van der Waals surface area contributed by atoms with Crippen LogP contribution in [0.4, 0.5) is 5.69 Å². The number of anilines is 1. The highest BCUT2D eigenvalue weighted by Crippen LogP contribution is 2.29. The fraction of sp³-hybridized carbons (Fsp3) is 0.346. The summed E-state index contributed by atoms with van der Waals surface area (Å²) in [5.74, 6) is 0.255. The average molecular weight is 449 g/mol. The smallest absolute Gasteiger partial charge is 0.247 e. The number of imidazole rings is 1. The van der Waals surface area contributed by atoms with E-state index < -0.39 is 0 Å². The molecule has 1 aromatic heterocycles. The second-order valence-corrected chi connectivity index (χ2v) is 8.03. The Bertz CT molecular complexity index is 1150. The summed E-state index contributed by atoms with van der Waals surface area (Å²) in [5.41, 5.74) is 4.70.